The molecule has 2 unspecified atom stereocenters. The highest BCUT2D eigenvalue weighted by Gasteiger charge is 2.16. The van der Waals surface area contributed by atoms with E-state index in [4.69, 9.17) is 4.74 Å². The Morgan fingerprint density at radius 1 is 1.60 bits per heavy atom. The Balaban J connectivity index is 2.32. The van der Waals surface area contributed by atoms with Gasteiger partial charge in [-0.2, -0.15) is 0 Å². The van der Waals surface area contributed by atoms with Gasteiger partial charge in [-0.25, -0.2) is 0 Å². The molecule has 10 heavy (non-hydrogen) atoms. The smallest absolute Gasteiger partial charge is 0.121 e. The predicted octanol–water partition coefficient (Wildman–Crippen LogP) is 2.43. The van der Waals surface area contributed by atoms with Gasteiger partial charge < -0.3 is 4.74 Å². The van der Waals surface area contributed by atoms with Gasteiger partial charge in [0.25, 0.3) is 0 Å². The Kier molecular flexibility index (Phi) is 3.29. The summed E-state index contributed by atoms with van der Waals surface area (Å²) >= 11 is 1.90. The van der Waals surface area contributed by atoms with Gasteiger partial charge >= 0.3 is 0 Å². The number of thioether (sulfide) groups is 1. The van der Waals surface area contributed by atoms with Gasteiger partial charge in [0.2, 0.25) is 0 Å². The lowest BCUT2D eigenvalue weighted by Gasteiger charge is -2.24. The summed E-state index contributed by atoms with van der Waals surface area (Å²) in [6, 6.07) is 0. The Labute approximate surface area is 66.8 Å². The molecule has 0 aliphatic carbocycles. The fourth-order valence-corrected chi connectivity index (χ4v) is 2.06. The van der Waals surface area contributed by atoms with E-state index in [9.17, 15) is 0 Å². The summed E-state index contributed by atoms with van der Waals surface area (Å²) in [6.07, 6.45) is 5.36. The van der Waals surface area contributed by atoms with E-state index in [0.29, 0.717) is 5.44 Å². The minimum absolute atomic E-state index is 0.314. The molecule has 58 valence electrons. The summed E-state index contributed by atoms with van der Waals surface area (Å²) in [4.78, 5) is 0. The van der Waals surface area contributed by atoms with E-state index in [-0.39, 0.29) is 0 Å². The third-order valence-corrected chi connectivity index (χ3v) is 2.78. The average Bonchev–Trinajstić information content (AvgIpc) is 1.88. The number of hydrogen-bond acceptors (Lipinski definition) is 2. The van der Waals surface area contributed by atoms with Crippen LogP contribution in [0.25, 0.3) is 0 Å². The maximum Gasteiger partial charge on any atom is 0.121 e. The van der Waals surface area contributed by atoms with Gasteiger partial charge in [-0.05, 0) is 13.3 Å². The van der Waals surface area contributed by atoms with Crippen LogP contribution in [0.1, 0.15) is 20.3 Å². The van der Waals surface area contributed by atoms with Crippen molar-refractivity contribution in [3.63, 3.8) is 0 Å². The Hall–Kier alpha value is 0.0500. The molecule has 0 saturated carbocycles. The molecule has 1 fully saturated rings. The second-order valence-corrected chi connectivity index (χ2v) is 4.04. The van der Waals surface area contributed by atoms with E-state index in [0.717, 1.165) is 11.9 Å². The molecule has 0 aromatic heterocycles. The van der Waals surface area contributed by atoms with Gasteiger partial charge in [0, 0.05) is 11.9 Å². The van der Waals surface area contributed by atoms with E-state index in [2.05, 4.69) is 19.1 Å². The standard InChI is InChI=1S/C8H14OS/c1-3-4-8-9-6-5-7(2)10-8/h3-4,7-8H,5-6H2,1-2H3. The van der Waals surface area contributed by atoms with E-state index in [1.54, 1.807) is 0 Å². The molecular formula is C8H14OS. The fourth-order valence-electron chi connectivity index (χ4n) is 0.944. The highest BCUT2D eigenvalue weighted by Crippen LogP contribution is 2.27. The van der Waals surface area contributed by atoms with Gasteiger partial charge in [0.15, 0.2) is 0 Å². The van der Waals surface area contributed by atoms with Crippen LogP contribution in [0.2, 0.25) is 0 Å². The summed E-state index contributed by atoms with van der Waals surface area (Å²) in [5, 5.41) is 0.759. The van der Waals surface area contributed by atoms with E-state index < -0.39 is 0 Å². The Morgan fingerprint density at radius 2 is 2.40 bits per heavy atom. The van der Waals surface area contributed by atoms with Gasteiger partial charge in [-0.15, -0.1) is 11.8 Å². The van der Waals surface area contributed by atoms with Gasteiger partial charge in [-0.1, -0.05) is 19.1 Å². The van der Waals surface area contributed by atoms with Crippen LogP contribution in [0.15, 0.2) is 12.2 Å². The molecule has 0 N–H and O–H groups in total. The van der Waals surface area contributed by atoms with Crippen LogP contribution < -0.4 is 0 Å². The molecule has 1 aliphatic rings. The van der Waals surface area contributed by atoms with Gasteiger partial charge in [0.1, 0.15) is 5.44 Å². The Morgan fingerprint density at radius 3 is 3.00 bits per heavy atom. The average molecular weight is 158 g/mol. The van der Waals surface area contributed by atoms with E-state index in [1.165, 1.54) is 6.42 Å². The van der Waals surface area contributed by atoms with E-state index >= 15 is 0 Å². The molecule has 0 bridgehead atoms. The molecule has 1 nitrogen and oxygen atoms in total. The minimum atomic E-state index is 0.314. The van der Waals surface area contributed by atoms with Gasteiger partial charge in [-0.3, -0.25) is 0 Å². The fraction of sp³-hybridized carbons (Fsp3) is 0.750. The van der Waals surface area contributed by atoms with E-state index in [1.807, 2.05) is 18.7 Å². The second kappa shape index (κ2) is 4.04. The monoisotopic (exact) mass is 158 g/mol. The van der Waals surface area contributed by atoms with Crippen molar-refractivity contribution in [1.29, 1.82) is 0 Å². The molecule has 1 saturated heterocycles. The topological polar surface area (TPSA) is 9.23 Å². The second-order valence-electron chi connectivity index (χ2n) is 2.50. The van der Waals surface area contributed by atoms with Crippen molar-refractivity contribution >= 4 is 11.8 Å². The molecule has 0 aromatic rings. The molecular weight excluding hydrogens is 144 g/mol. The summed E-state index contributed by atoms with van der Waals surface area (Å²) in [7, 11) is 0. The first-order valence-corrected chi connectivity index (χ1v) is 4.67. The SMILES string of the molecule is CC=CC1OCCC(C)S1. The van der Waals surface area contributed by atoms with Crippen molar-refractivity contribution in [2.75, 3.05) is 6.61 Å². The molecule has 1 rings (SSSR count). The lowest BCUT2D eigenvalue weighted by Crippen LogP contribution is -2.19. The maximum atomic E-state index is 5.46. The number of hydrogen-bond donors (Lipinski definition) is 0. The first-order valence-electron chi connectivity index (χ1n) is 3.73. The zero-order valence-electron chi connectivity index (χ0n) is 6.54. The first-order chi connectivity index (χ1) is 4.83. The third-order valence-electron chi connectivity index (χ3n) is 1.52. The highest BCUT2D eigenvalue weighted by molar-refractivity contribution is 8.00. The zero-order valence-corrected chi connectivity index (χ0v) is 7.36. The van der Waals surface area contributed by atoms with Crippen molar-refractivity contribution in [3.05, 3.63) is 12.2 Å². The predicted molar refractivity (Wildman–Crippen MR) is 46.2 cm³/mol. The molecule has 1 heterocycles. The maximum absolute atomic E-state index is 5.46. The van der Waals surface area contributed by atoms with Crippen molar-refractivity contribution in [1.82, 2.24) is 0 Å². The lowest BCUT2D eigenvalue weighted by atomic mass is 10.3. The number of allylic oxidation sites excluding steroid dienone is 1. The van der Waals surface area contributed by atoms with Crippen LogP contribution in [0, 0.1) is 0 Å². The zero-order chi connectivity index (χ0) is 7.40. The molecule has 2 heteroatoms. The first kappa shape index (κ1) is 8.15. The van der Waals surface area contributed by atoms with Crippen molar-refractivity contribution < 1.29 is 4.74 Å². The van der Waals surface area contributed by atoms with Crippen LogP contribution in [0.5, 0.6) is 0 Å². The summed E-state index contributed by atoms with van der Waals surface area (Å²) in [6.45, 7) is 5.20. The van der Waals surface area contributed by atoms with Crippen LogP contribution in [0.4, 0.5) is 0 Å². The number of rotatable bonds is 1. The van der Waals surface area contributed by atoms with Crippen LogP contribution >= 0.6 is 11.8 Å². The van der Waals surface area contributed by atoms with Crippen molar-refractivity contribution in [2.24, 2.45) is 0 Å². The lowest BCUT2D eigenvalue weighted by molar-refractivity contribution is 0.128. The molecule has 1 aliphatic heterocycles. The summed E-state index contributed by atoms with van der Waals surface area (Å²) in [5.41, 5.74) is 0.314. The minimum Gasteiger partial charge on any atom is -0.363 e. The van der Waals surface area contributed by atoms with Gasteiger partial charge in [0.05, 0.1) is 0 Å². The summed E-state index contributed by atoms with van der Waals surface area (Å²) in [5.74, 6) is 0. The number of ether oxygens (including phenoxy) is 1. The highest BCUT2D eigenvalue weighted by atomic mass is 32.2. The van der Waals surface area contributed by atoms with Crippen molar-refractivity contribution in [2.45, 2.75) is 31.0 Å². The molecule has 0 spiro atoms. The normalized spacial score (nSPS) is 35.0. The largest absolute Gasteiger partial charge is 0.363 e. The van der Waals surface area contributed by atoms with Crippen LogP contribution in [-0.4, -0.2) is 17.3 Å². The quantitative estimate of drug-likeness (QED) is 0.542. The van der Waals surface area contributed by atoms with Crippen molar-refractivity contribution in [3.8, 4) is 0 Å². The Bertz CT molecular complexity index is 122. The third kappa shape index (κ3) is 2.35. The molecule has 2 atom stereocenters. The molecule has 0 amide bonds. The summed E-state index contributed by atoms with van der Waals surface area (Å²) < 4.78 is 5.46. The molecule has 0 aromatic carbocycles. The molecule has 0 radical (unpaired) electrons. The van der Waals surface area contributed by atoms with Crippen LogP contribution in [0.3, 0.4) is 0 Å². The van der Waals surface area contributed by atoms with Crippen LogP contribution in [-0.2, 0) is 4.74 Å².